The molecule has 1 saturated heterocycles. The number of fused-ring (bicyclic) bond motifs is 1. The van der Waals surface area contributed by atoms with E-state index < -0.39 is 0 Å². The number of amides is 1. The van der Waals surface area contributed by atoms with Gasteiger partial charge in [-0.25, -0.2) is 0 Å². The molecular formula is C17H19N3OS. The quantitative estimate of drug-likeness (QED) is 0.927. The number of thioether (sulfide) groups is 1. The van der Waals surface area contributed by atoms with Crippen LogP contribution in [0.3, 0.4) is 0 Å². The fraction of sp³-hybridized carbons (Fsp3) is 0.412. The second-order valence-corrected chi connectivity index (χ2v) is 7.27. The van der Waals surface area contributed by atoms with E-state index in [0.29, 0.717) is 11.8 Å². The molecule has 0 saturated carbocycles. The summed E-state index contributed by atoms with van der Waals surface area (Å²) in [6.07, 6.45) is 4.73. The highest BCUT2D eigenvalue weighted by Crippen LogP contribution is 2.38. The van der Waals surface area contributed by atoms with Crippen molar-refractivity contribution in [3.05, 3.63) is 47.8 Å². The smallest absolute Gasteiger partial charge is 0.236 e. The van der Waals surface area contributed by atoms with Gasteiger partial charge in [-0.1, -0.05) is 18.2 Å². The number of piperidine rings is 1. The molecule has 2 aromatic rings. The zero-order valence-electron chi connectivity index (χ0n) is 12.4. The summed E-state index contributed by atoms with van der Waals surface area (Å²) in [7, 11) is 0. The van der Waals surface area contributed by atoms with E-state index in [1.807, 2.05) is 6.07 Å². The van der Waals surface area contributed by atoms with Crippen LogP contribution in [-0.2, 0) is 11.2 Å². The summed E-state index contributed by atoms with van der Waals surface area (Å²) in [5.74, 6) is 0.823. The molecule has 4 rings (SSSR count). The molecule has 1 amide bonds. The van der Waals surface area contributed by atoms with E-state index in [-0.39, 0.29) is 5.25 Å². The van der Waals surface area contributed by atoms with Gasteiger partial charge in [-0.15, -0.1) is 11.8 Å². The summed E-state index contributed by atoms with van der Waals surface area (Å²) in [5, 5.41) is 7.16. The van der Waals surface area contributed by atoms with Crippen molar-refractivity contribution in [1.29, 1.82) is 0 Å². The molecule has 1 atom stereocenters. The number of benzene rings is 1. The standard InChI is InChI=1S/C17H19N3OS/c21-17(16-11-13-3-1-2-4-15(13)22-16)20-9-6-12(7-10-20)14-5-8-18-19-14/h1-5,8,12,16H,6-7,9-11H2,(H,18,19). The lowest BCUT2D eigenvalue weighted by molar-refractivity contribution is -0.131. The van der Waals surface area contributed by atoms with E-state index >= 15 is 0 Å². The second-order valence-electron chi connectivity index (χ2n) is 6.03. The molecule has 22 heavy (non-hydrogen) atoms. The molecule has 2 aliphatic rings. The van der Waals surface area contributed by atoms with E-state index in [4.69, 9.17) is 0 Å². The Morgan fingerprint density at radius 1 is 1.23 bits per heavy atom. The molecule has 1 aromatic carbocycles. The maximum Gasteiger partial charge on any atom is 0.236 e. The predicted octanol–water partition coefficient (Wildman–Crippen LogP) is 2.83. The molecule has 5 heteroatoms. The fourth-order valence-corrected chi connectivity index (χ4v) is 4.71. The van der Waals surface area contributed by atoms with E-state index in [2.05, 4.69) is 39.4 Å². The second kappa shape index (κ2) is 5.80. The zero-order valence-corrected chi connectivity index (χ0v) is 13.2. The summed E-state index contributed by atoms with van der Waals surface area (Å²) in [5.41, 5.74) is 2.52. The van der Waals surface area contributed by atoms with Crippen molar-refractivity contribution in [2.24, 2.45) is 0 Å². The van der Waals surface area contributed by atoms with Gasteiger partial charge in [-0.3, -0.25) is 9.89 Å². The molecule has 1 unspecified atom stereocenters. The van der Waals surface area contributed by atoms with Crippen molar-refractivity contribution in [2.75, 3.05) is 13.1 Å². The van der Waals surface area contributed by atoms with Crippen molar-refractivity contribution in [1.82, 2.24) is 15.1 Å². The van der Waals surface area contributed by atoms with Gasteiger partial charge in [0, 0.05) is 35.8 Å². The highest BCUT2D eigenvalue weighted by Gasteiger charge is 2.33. The minimum atomic E-state index is 0.0705. The largest absolute Gasteiger partial charge is 0.342 e. The van der Waals surface area contributed by atoms with E-state index in [0.717, 1.165) is 32.4 Å². The average molecular weight is 313 g/mol. The van der Waals surface area contributed by atoms with Crippen LogP contribution in [0.25, 0.3) is 0 Å². The predicted molar refractivity (Wildman–Crippen MR) is 86.9 cm³/mol. The Bertz CT molecular complexity index is 637. The van der Waals surface area contributed by atoms with Crippen LogP contribution < -0.4 is 0 Å². The van der Waals surface area contributed by atoms with Gasteiger partial charge in [0.25, 0.3) is 0 Å². The first-order valence-corrected chi connectivity index (χ1v) is 8.72. The van der Waals surface area contributed by atoms with Crippen LogP contribution in [0.15, 0.2) is 41.4 Å². The van der Waals surface area contributed by atoms with Gasteiger partial charge in [0.2, 0.25) is 5.91 Å². The number of aromatic amines is 1. The lowest BCUT2D eigenvalue weighted by Gasteiger charge is -2.33. The first-order valence-electron chi connectivity index (χ1n) is 7.84. The number of nitrogens with one attached hydrogen (secondary N) is 1. The number of likely N-dealkylation sites (tertiary alicyclic amines) is 1. The molecule has 0 bridgehead atoms. The van der Waals surface area contributed by atoms with E-state index in [9.17, 15) is 4.79 Å². The summed E-state index contributed by atoms with van der Waals surface area (Å²) < 4.78 is 0. The molecule has 2 aliphatic heterocycles. The van der Waals surface area contributed by atoms with Crippen LogP contribution in [0.2, 0.25) is 0 Å². The Kier molecular flexibility index (Phi) is 3.66. The minimum absolute atomic E-state index is 0.0705. The van der Waals surface area contributed by atoms with Gasteiger partial charge in [-0.05, 0) is 37.0 Å². The number of hydrogen-bond donors (Lipinski definition) is 1. The highest BCUT2D eigenvalue weighted by molar-refractivity contribution is 8.01. The average Bonchev–Trinajstić information content (AvgIpc) is 3.23. The van der Waals surface area contributed by atoms with Gasteiger partial charge in [0.15, 0.2) is 0 Å². The summed E-state index contributed by atoms with van der Waals surface area (Å²) in [4.78, 5) is 16.1. The normalized spacial score (nSPS) is 21.8. The lowest BCUT2D eigenvalue weighted by Crippen LogP contribution is -2.42. The molecule has 1 fully saturated rings. The third kappa shape index (κ3) is 2.54. The van der Waals surface area contributed by atoms with Crippen LogP contribution in [0.5, 0.6) is 0 Å². The molecule has 114 valence electrons. The van der Waals surface area contributed by atoms with Gasteiger partial charge in [-0.2, -0.15) is 5.10 Å². The maximum absolute atomic E-state index is 12.7. The summed E-state index contributed by atoms with van der Waals surface area (Å²) >= 11 is 1.73. The van der Waals surface area contributed by atoms with Crippen molar-refractivity contribution >= 4 is 17.7 Å². The van der Waals surface area contributed by atoms with Crippen molar-refractivity contribution in [3.8, 4) is 0 Å². The van der Waals surface area contributed by atoms with Crippen LogP contribution in [0.1, 0.15) is 30.0 Å². The fourth-order valence-electron chi connectivity index (χ4n) is 3.43. The van der Waals surface area contributed by atoms with Gasteiger partial charge < -0.3 is 4.90 Å². The summed E-state index contributed by atoms with van der Waals surface area (Å²) in [6.45, 7) is 1.71. The molecule has 0 spiro atoms. The van der Waals surface area contributed by atoms with Crippen LogP contribution in [-0.4, -0.2) is 39.3 Å². The Balaban J connectivity index is 1.37. The molecule has 3 heterocycles. The number of nitrogens with zero attached hydrogens (tertiary/aromatic N) is 2. The number of H-pyrrole nitrogens is 1. The number of rotatable bonds is 2. The SMILES string of the molecule is O=C(C1Cc2ccccc2S1)N1CCC(c2ccn[nH]2)CC1. The number of hydrogen-bond acceptors (Lipinski definition) is 3. The van der Waals surface area contributed by atoms with Gasteiger partial charge >= 0.3 is 0 Å². The van der Waals surface area contributed by atoms with Crippen LogP contribution in [0.4, 0.5) is 0 Å². The lowest BCUT2D eigenvalue weighted by atomic mass is 9.93. The monoisotopic (exact) mass is 313 g/mol. The molecule has 1 aromatic heterocycles. The Hall–Kier alpha value is -1.75. The van der Waals surface area contributed by atoms with Crippen molar-refractivity contribution in [3.63, 3.8) is 0 Å². The topological polar surface area (TPSA) is 49.0 Å². The van der Waals surface area contributed by atoms with Gasteiger partial charge in [0.05, 0.1) is 5.25 Å². The van der Waals surface area contributed by atoms with Crippen LogP contribution in [0, 0.1) is 0 Å². The zero-order chi connectivity index (χ0) is 14.9. The number of carbonyl (C=O) groups excluding carboxylic acids is 1. The van der Waals surface area contributed by atoms with Crippen LogP contribution >= 0.6 is 11.8 Å². The summed E-state index contributed by atoms with van der Waals surface area (Å²) in [6, 6.07) is 10.4. The molecule has 1 N–H and O–H groups in total. The number of aromatic nitrogens is 2. The first kappa shape index (κ1) is 13.9. The number of carbonyl (C=O) groups is 1. The van der Waals surface area contributed by atoms with Gasteiger partial charge in [0.1, 0.15) is 0 Å². The van der Waals surface area contributed by atoms with Crippen molar-refractivity contribution in [2.45, 2.75) is 35.3 Å². The first-order chi connectivity index (χ1) is 10.8. The third-order valence-corrected chi connectivity index (χ3v) is 6.00. The molecule has 0 radical (unpaired) electrons. The Morgan fingerprint density at radius 2 is 2.05 bits per heavy atom. The minimum Gasteiger partial charge on any atom is -0.342 e. The van der Waals surface area contributed by atoms with E-state index in [1.165, 1.54) is 16.2 Å². The van der Waals surface area contributed by atoms with Crippen molar-refractivity contribution < 1.29 is 4.79 Å². The highest BCUT2D eigenvalue weighted by atomic mass is 32.2. The molecular weight excluding hydrogens is 294 g/mol. The van der Waals surface area contributed by atoms with E-state index in [1.54, 1.807) is 18.0 Å². The Morgan fingerprint density at radius 3 is 2.77 bits per heavy atom. The maximum atomic E-state index is 12.7. The molecule has 0 aliphatic carbocycles. The third-order valence-electron chi connectivity index (χ3n) is 4.69. The Labute approximate surface area is 134 Å². The molecule has 4 nitrogen and oxygen atoms in total.